The number of amides is 1. The molecule has 0 saturated heterocycles. The molecular formula is C18H15FN2O. The fourth-order valence-electron chi connectivity index (χ4n) is 2.31. The van der Waals surface area contributed by atoms with Crippen molar-refractivity contribution >= 4 is 16.8 Å². The van der Waals surface area contributed by atoms with E-state index < -0.39 is 0 Å². The van der Waals surface area contributed by atoms with Crippen molar-refractivity contribution in [1.82, 2.24) is 10.3 Å². The van der Waals surface area contributed by atoms with Crippen LogP contribution in [0.3, 0.4) is 0 Å². The number of carbonyl (C=O) groups is 1. The lowest BCUT2D eigenvalue weighted by Crippen LogP contribution is -2.26. The number of hydrogen-bond donors (Lipinski definition) is 1. The Morgan fingerprint density at radius 1 is 1.14 bits per heavy atom. The Morgan fingerprint density at radius 2 is 1.86 bits per heavy atom. The van der Waals surface area contributed by atoms with Crippen molar-refractivity contribution in [3.05, 3.63) is 77.7 Å². The van der Waals surface area contributed by atoms with E-state index in [1.165, 1.54) is 12.1 Å². The Hall–Kier alpha value is -2.75. The van der Waals surface area contributed by atoms with Gasteiger partial charge < -0.3 is 5.32 Å². The smallest absolute Gasteiger partial charge is 0.253 e. The molecule has 2 aromatic carbocycles. The van der Waals surface area contributed by atoms with Gasteiger partial charge in [0.05, 0.1) is 17.1 Å². The first kappa shape index (κ1) is 14.2. The first-order chi connectivity index (χ1) is 10.6. The standard InChI is InChI=1S/C18H15FN2O/c1-12(13-6-8-16(19)9-7-13)21-18(22)15-10-14-4-2-3-5-17(14)20-11-15/h2-12H,1H3,(H,21,22)/t12-/m1/s1. The lowest BCUT2D eigenvalue weighted by molar-refractivity contribution is 0.0939. The molecule has 22 heavy (non-hydrogen) atoms. The van der Waals surface area contributed by atoms with Crippen LogP contribution in [0.25, 0.3) is 10.9 Å². The number of rotatable bonds is 3. The minimum Gasteiger partial charge on any atom is -0.345 e. The Balaban J connectivity index is 1.79. The summed E-state index contributed by atoms with van der Waals surface area (Å²) in [5.41, 5.74) is 2.21. The minimum absolute atomic E-state index is 0.199. The van der Waals surface area contributed by atoms with Crippen molar-refractivity contribution in [1.29, 1.82) is 0 Å². The van der Waals surface area contributed by atoms with Gasteiger partial charge in [0.15, 0.2) is 0 Å². The summed E-state index contributed by atoms with van der Waals surface area (Å²) in [4.78, 5) is 16.6. The van der Waals surface area contributed by atoms with Crippen molar-refractivity contribution in [3.63, 3.8) is 0 Å². The third-order valence-corrected chi connectivity index (χ3v) is 3.57. The third-order valence-electron chi connectivity index (χ3n) is 3.57. The highest BCUT2D eigenvalue weighted by Crippen LogP contribution is 2.16. The van der Waals surface area contributed by atoms with Gasteiger partial charge in [-0.15, -0.1) is 0 Å². The zero-order valence-electron chi connectivity index (χ0n) is 12.1. The van der Waals surface area contributed by atoms with E-state index >= 15 is 0 Å². The second-order valence-corrected chi connectivity index (χ2v) is 5.16. The lowest BCUT2D eigenvalue weighted by atomic mass is 10.1. The van der Waals surface area contributed by atoms with Crippen molar-refractivity contribution in [2.45, 2.75) is 13.0 Å². The number of aromatic nitrogens is 1. The number of pyridine rings is 1. The maximum Gasteiger partial charge on any atom is 0.253 e. The summed E-state index contributed by atoms with van der Waals surface area (Å²) < 4.78 is 12.9. The molecule has 1 amide bonds. The maximum absolute atomic E-state index is 12.9. The van der Waals surface area contributed by atoms with E-state index in [2.05, 4.69) is 10.3 Å². The highest BCUT2D eigenvalue weighted by atomic mass is 19.1. The van der Waals surface area contributed by atoms with E-state index in [-0.39, 0.29) is 17.8 Å². The van der Waals surface area contributed by atoms with Gasteiger partial charge >= 0.3 is 0 Å². The quantitative estimate of drug-likeness (QED) is 0.797. The second-order valence-electron chi connectivity index (χ2n) is 5.16. The monoisotopic (exact) mass is 294 g/mol. The van der Waals surface area contributed by atoms with Gasteiger partial charge in [0.1, 0.15) is 5.82 Å². The Labute approximate surface area is 127 Å². The highest BCUT2D eigenvalue weighted by Gasteiger charge is 2.12. The van der Waals surface area contributed by atoms with Crippen LogP contribution in [-0.4, -0.2) is 10.9 Å². The zero-order chi connectivity index (χ0) is 15.5. The van der Waals surface area contributed by atoms with Crippen LogP contribution in [0.5, 0.6) is 0 Å². The molecule has 1 aromatic heterocycles. The molecule has 110 valence electrons. The molecule has 0 spiro atoms. The van der Waals surface area contributed by atoms with Gasteiger partial charge in [-0.3, -0.25) is 9.78 Å². The normalized spacial score (nSPS) is 12.1. The van der Waals surface area contributed by atoms with E-state index in [1.54, 1.807) is 18.3 Å². The number of hydrogen-bond acceptors (Lipinski definition) is 2. The predicted molar refractivity (Wildman–Crippen MR) is 84.0 cm³/mol. The van der Waals surface area contributed by atoms with Crippen molar-refractivity contribution in [2.24, 2.45) is 0 Å². The summed E-state index contributed by atoms with van der Waals surface area (Å²) in [6.45, 7) is 1.86. The molecule has 1 atom stereocenters. The van der Waals surface area contributed by atoms with Crippen LogP contribution in [-0.2, 0) is 0 Å². The molecule has 3 nitrogen and oxygen atoms in total. The largest absolute Gasteiger partial charge is 0.345 e. The summed E-state index contributed by atoms with van der Waals surface area (Å²) in [5, 5.41) is 3.82. The molecule has 1 heterocycles. The van der Waals surface area contributed by atoms with Crippen molar-refractivity contribution in [2.75, 3.05) is 0 Å². The molecule has 1 N–H and O–H groups in total. The number of nitrogens with one attached hydrogen (secondary N) is 1. The number of halogens is 1. The zero-order valence-corrected chi connectivity index (χ0v) is 12.1. The Bertz CT molecular complexity index is 815. The van der Waals surface area contributed by atoms with Gasteiger partial charge in [0.2, 0.25) is 0 Å². The van der Waals surface area contributed by atoms with Gasteiger partial charge in [-0.25, -0.2) is 4.39 Å². The highest BCUT2D eigenvalue weighted by molar-refractivity contribution is 5.97. The molecule has 4 heteroatoms. The molecule has 0 unspecified atom stereocenters. The second kappa shape index (κ2) is 5.93. The Kier molecular flexibility index (Phi) is 3.83. The topological polar surface area (TPSA) is 42.0 Å². The molecule has 0 radical (unpaired) electrons. The average molecular weight is 294 g/mol. The van der Waals surface area contributed by atoms with Gasteiger partial charge in [-0.2, -0.15) is 0 Å². The first-order valence-corrected chi connectivity index (χ1v) is 7.04. The van der Waals surface area contributed by atoms with Gasteiger partial charge in [0.25, 0.3) is 5.91 Å². The molecule has 0 bridgehead atoms. The fourth-order valence-corrected chi connectivity index (χ4v) is 2.31. The van der Waals surface area contributed by atoms with Crippen LogP contribution in [0.2, 0.25) is 0 Å². The number of nitrogens with zero attached hydrogens (tertiary/aromatic N) is 1. The van der Waals surface area contributed by atoms with E-state index in [9.17, 15) is 9.18 Å². The van der Waals surface area contributed by atoms with E-state index in [1.807, 2.05) is 37.3 Å². The Morgan fingerprint density at radius 3 is 2.64 bits per heavy atom. The van der Waals surface area contributed by atoms with E-state index in [0.29, 0.717) is 5.56 Å². The van der Waals surface area contributed by atoms with Crippen LogP contribution in [0, 0.1) is 5.82 Å². The fraction of sp³-hybridized carbons (Fsp3) is 0.111. The number of carbonyl (C=O) groups excluding carboxylic acids is 1. The predicted octanol–water partition coefficient (Wildman–Crippen LogP) is 3.86. The molecule has 0 saturated carbocycles. The summed E-state index contributed by atoms with van der Waals surface area (Å²) in [5.74, 6) is -0.490. The van der Waals surface area contributed by atoms with Crippen LogP contribution < -0.4 is 5.32 Å². The van der Waals surface area contributed by atoms with Crippen LogP contribution >= 0.6 is 0 Å². The average Bonchev–Trinajstić information content (AvgIpc) is 2.55. The maximum atomic E-state index is 12.9. The number of para-hydroxylation sites is 1. The molecule has 0 fully saturated rings. The molecular weight excluding hydrogens is 279 g/mol. The molecule has 0 aliphatic rings. The molecule has 3 aromatic rings. The first-order valence-electron chi connectivity index (χ1n) is 7.04. The van der Waals surface area contributed by atoms with Crippen molar-refractivity contribution in [3.8, 4) is 0 Å². The van der Waals surface area contributed by atoms with Crippen LogP contribution in [0.4, 0.5) is 4.39 Å². The lowest BCUT2D eigenvalue weighted by Gasteiger charge is -2.14. The number of benzene rings is 2. The molecule has 0 aliphatic heterocycles. The number of fused-ring (bicyclic) bond motifs is 1. The van der Waals surface area contributed by atoms with Crippen LogP contribution in [0.1, 0.15) is 28.9 Å². The van der Waals surface area contributed by atoms with Gasteiger partial charge in [0, 0.05) is 11.6 Å². The summed E-state index contributed by atoms with van der Waals surface area (Å²) >= 11 is 0. The van der Waals surface area contributed by atoms with Crippen LogP contribution in [0.15, 0.2) is 60.8 Å². The third kappa shape index (κ3) is 2.96. The van der Waals surface area contributed by atoms with Gasteiger partial charge in [-0.1, -0.05) is 30.3 Å². The SMILES string of the molecule is C[C@@H](NC(=O)c1cnc2ccccc2c1)c1ccc(F)cc1. The summed E-state index contributed by atoms with van der Waals surface area (Å²) in [6.07, 6.45) is 1.56. The molecule has 0 aliphatic carbocycles. The molecule has 3 rings (SSSR count). The summed E-state index contributed by atoms with van der Waals surface area (Å²) in [6, 6.07) is 15.3. The van der Waals surface area contributed by atoms with E-state index in [4.69, 9.17) is 0 Å². The summed E-state index contributed by atoms with van der Waals surface area (Å²) in [7, 11) is 0. The van der Waals surface area contributed by atoms with E-state index in [0.717, 1.165) is 16.5 Å². The van der Waals surface area contributed by atoms with Gasteiger partial charge in [-0.05, 0) is 36.8 Å². The minimum atomic E-state index is -0.291. The van der Waals surface area contributed by atoms with Crippen molar-refractivity contribution < 1.29 is 9.18 Å².